The number of benzene rings is 2. The van der Waals surface area contributed by atoms with Crippen LogP contribution < -0.4 is 5.32 Å². The number of methoxy groups -OCH3 is 1. The van der Waals surface area contributed by atoms with Crippen molar-refractivity contribution in [3.05, 3.63) is 70.5 Å². The maximum absolute atomic E-state index is 13.4. The van der Waals surface area contributed by atoms with Gasteiger partial charge in [-0.15, -0.1) is 0 Å². The fourth-order valence-corrected chi connectivity index (χ4v) is 4.41. The molecule has 0 unspecified atom stereocenters. The first-order valence-corrected chi connectivity index (χ1v) is 10.7. The number of carbonyl (C=O) groups excluding carboxylic acids is 2. The van der Waals surface area contributed by atoms with E-state index in [1.54, 1.807) is 0 Å². The number of esters is 1. The van der Waals surface area contributed by atoms with E-state index in [4.69, 9.17) is 4.74 Å². The summed E-state index contributed by atoms with van der Waals surface area (Å²) in [4.78, 5) is 25.2. The van der Waals surface area contributed by atoms with E-state index in [0.29, 0.717) is 30.5 Å². The molecule has 35 heavy (non-hydrogen) atoms. The van der Waals surface area contributed by atoms with Crippen molar-refractivity contribution >= 4 is 11.9 Å². The second kappa shape index (κ2) is 9.87. The number of nitrogens with one attached hydrogen (secondary N) is 1. The van der Waals surface area contributed by atoms with Crippen LogP contribution in [-0.4, -0.2) is 25.0 Å². The van der Waals surface area contributed by atoms with Crippen molar-refractivity contribution in [2.75, 3.05) is 7.11 Å². The highest BCUT2D eigenvalue weighted by molar-refractivity contribution is 5.84. The van der Waals surface area contributed by atoms with E-state index in [1.807, 2.05) is 0 Å². The zero-order valence-electron chi connectivity index (χ0n) is 18.6. The van der Waals surface area contributed by atoms with E-state index in [0.717, 1.165) is 0 Å². The predicted octanol–water partition coefficient (Wildman–Crippen LogP) is 5.82. The zero-order chi connectivity index (χ0) is 26.1. The summed E-state index contributed by atoms with van der Waals surface area (Å²) in [7, 11) is 1.20. The predicted molar refractivity (Wildman–Crippen MR) is 111 cm³/mol. The van der Waals surface area contributed by atoms with E-state index in [1.165, 1.54) is 38.3 Å². The summed E-state index contributed by atoms with van der Waals surface area (Å²) in [5.74, 6) is -4.51. The average molecular weight is 505 g/mol. The molecule has 0 saturated heterocycles. The Labute approximate surface area is 196 Å². The van der Waals surface area contributed by atoms with Crippen LogP contribution in [0.3, 0.4) is 0 Å². The summed E-state index contributed by atoms with van der Waals surface area (Å²) >= 11 is 0. The lowest BCUT2D eigenvalue weighted by Gasteiger charge is -2.26. The molecular weight excluding hydrogens is 483 g/mol. The van der Waals surface area contributed by atoms with Gasteiger partial charge in [0.2, 0.25) is 5.91 Å². The summed E-state index contributed by atoms with van der Waals surface area (Å²) < 4.78 is 97.5. The molecule has 1 fully saturated rings. The Kier molecular flexibility index (Phi) is 7.47. The first-order valence-electron chi connectivity index (χ1n) is 10.7. The average Bonchev–Trinajstić information content (AvgIpc) is 3.20. The lowest BCUT2D eigenvalue weighted by molar-refractivity contribution is -0.146. The Morgan fingerprint density at radius 2 is 1.49 bits per heavy atom. The van der Waals surface area contributed by atoms with Crippen LogP contribution in [0.25, 0.3) is 0 Å². The van der Waals surface area contributed by atoms with Gasteiger partial charge in [-0.25, -0.2) is 4.39 Å². The Morgan fingerprint density at radius 1 is 0.943 bits per heavy atom. The molecule has 0 spiro atoms. The number of alkyl halides is 6. The molecule has 2 aromatic carbocycles. The molecule has 0 aromatic heterocycles. The Balaban J connectivity index is 1.90. The van der Waals surface area contributed by atoms with Gasteiger partial charge < -0.3 is 10.1 Å². The van der Waals surface area contributed by atoms with Crippen molar-refractivity contribution < 1.29 is 45.1 Å². The smallest absolute Gasteiger partial charge is 0.416 e. The molecule has 0 heterocycles. The minimum Gasteiger partial charge on any atom is -0.469 e. The molecule has 4 atom stereocenters. The molecule has 1 amide bonds. The molecular formula is C24H22F7NO3. The SMILES string of the molecule is COC(=O)[C@H]1CC[C@H](NC(=O)[C@H](C)c2cc(C(F)(F)F)cc(C(F)(F)F)c2)[C@@H]1c1ccc(F)cc1. The summed E-state index contributed by atoms with van der Waals surface area (Å²) in [5.41, 5.74) is -2.95. The van der Waals surface area contributed by atoms with Crippen molar-refractivity contribution in [3.63, 3.8) is 0 Å². The normalized spacial score (nSPS) is 21.5. The summed E-state index contributed by atoms with van der Waals surface area (Å²) in [6, 6.07) is 5.63. The summed E-state index contributed by atoms with van der Waals surface area (Å²) in [6.07, 6.45) is -9.47. The van der Waals surface area contributed by atoms with E-state index in [-0.39, 0.29) is 6.07 Å². The lowest BCUT2D eigenvalue weighted by Crippen LogP contribution is -2.40. The number of halogens is 7. The molecule has 0 radical (unpaired) electrons. The molecule has 1 aliphatic rings. The second-order valence-corrected chi connectivity index (χ2v) is 8.46. The number of hydrogen-bond acceptors (Lipinski definition) is 3. The molecule has 0 bridgehead atoms. The zero-order valence-corrected chi connectivity index (χ0v) is 18.6. The lowest BCUT2D eigenvalue weighted by atomic mass is 9.86. The van der Waals surface area contributed by atoms with Crippen LogP contribution in [0.4, 0.5) is 30.7 Å². The van der Waals surface area contributed by atoms with Gasteiger partial charge in [-0.2, -0.15) is 26.3 Å². The minimum atomic E-state index is -5.04. The molecule has 11 heteroatoms. The van der Waals surface area contributed by atoms with Crippen molar-refractivity contribution in [2.45, 2.75) is 50.0 Å². The molecule has 0 aliphatic heterocycles. The van der Waals surface area contributed by atoms with E-state index in [2.05, 4.69) is 5.32 Å². The van der Waals surface area contributed by atoms with Crippen molar-refractivity contribution in [3.8, 4) is 0 Å². The Hall–Kier alpha value is -3.11. The number of hydrogen-bond donors (Lipinski definition) is 1. The highest BCUT2D eigenvalue weighted by Gasteiger charge is 2.43. The minimum absolute atomic E-state index is 0.00336. The molecule has 3 rings (SSSR count). The van der Waals surface area contributed by atoms with Crippen LogP contribution >= 0.6 is 0 Å². The van der Waals surface area contributed by atoms with Gasteiger partial charge in [0.1, 0.15) is 5.82 Å². The van der Waals surface area contributed by atoms with E-state index in [9.17, 15) is 40.3 Å². The first-order chi connectivity index (χ1) is 16.2. The maximum atomic E-state index is 13.4. The van der Waals surface area contributed by atoms with Gasteiger partial charge in [0, 0.05) is 12.0 Å². The number of ether oxygens (including phenoxy) is 1. The molecule has 2 aromatic rings. The van der Waals surface area contributed by atoms with Crippen molar-refractivity contribution in [1.82, 2.24) is 5.32 Å². The van der Waals surface area contributed by atoms with Gasteiger partial charge in [0.25, 0.3) is 0 Å². The number of amides is 1. The molecule has 1 aliphatic carbocycles. The van der Waals surface area contributed by atoms with Gasteiger partial charge >= 0.3 is 18.3 Å². The maximum Gasteiger partial charge on any atom is 0.416 e. The third-order valence-corrected chi connectivity index (χ3v) is 6.25. The van der Waals surface area contributed by atoms with Gasteiger partial charge in [0.15, 0.2) is 0 Å². The van der Waals surface area contributed by atoms with Crippen LogP contribution in [0.2, 0.25) is 0 Å². The van der Waals surface area contributed by atoms with E-state index < -0.39 is 70.5 Å². The number of carbonyl (C=O) groups is 2. The molecule has 1 N–H and O–H groups in total. The topological polar surface area (TPSA) is 55.4 Å². The Morgan fingerprint density at radius 3 is 1.97 bits per heavy atom. The summed E-state index contributed by atoms with van der Waals surface area (Å²) in [6.45, 7) is 1.20. The van der Waals surface area contributed by atoms with Gasteiger partial charge in [-0.3, -0.25) is 9.59 Å². The van der Waals surface area contributed by atoms with Crippen LogP contribution in [0.15, 0.2) is 42.5 Å². The molecule has 190 valence electrons. The third-order valence-electron chi connectivity index (χ3n) is 6.25. The van der Waals surface area contributed by atoms with Crippen molar-refractivity contribution in [1.29, 1.82) is 0 Å². The van der Waals surface area contributed by atoms with Crippen LogP contribution in [0, 0.1) is 11.7 Å². The highest BCUT2D eigenvalue weighted by Crippen LogP contribution is 2.42. The fraction of sp³-hybridized carbons (Fsp3) is 0.417. The second-order valence-electron chi connectivity index (χ2n) is 8.46. The highest BCUT2D eigenvalue weighted by atomic mass is 19.4. The quantitative estimate of drug-likeness (QED) is 0.412. The van der Waals surface area contributed by atoms with Gasteiger partial charge in [-0.1, -0.05) is 12.1 Å². The van der Waals surface area contributed by atoms with Crippen molar-refractivity contribution in [2.24, 2.45) is 5.92 Å². The number of rotatable bonds is 5. The van der Waals surface area contributed by atoms with Gasteiger partial charge in [-0.05, 0) is 61.2 Å². The largest absolute Gasteiger partial charge is 0.469 e. The molecule has 1 saturated carbocycles. The Bertz CT molecular complexity index is 1050. The van der Waals surface area contributed by atoms with Crippen LogP contribution in [-0.2, 0) is 26.7 Å². The van der Waals surface area contributed by atoms with E-state index >= 15 is 0 Å². The summed E-state index contributed by atoms with van der Waals surface area (Å²) in [5, 5.41) is 2.66. The monoisotopic (exact) mass is 505 g/mol. The van der Waals surface area contributed by atoms with Crippen LogP contribution in [0.1, 0.15) is 53.9 Å². The fourth-order valence-electron chi connectivity index (χ4n) is 4.41. The van der Waals surface area contributed by atoms with Gasteiger partial charge in [0.05, 0.1) is 30.1 Å². The first kappa shape index (κ1) is 26.5. The molecule has 4 nitrogen and oxygen atoms in total. The van der Waals surface area contributed by atoms with Crippen LogP contribution in [0.5, 0.6) is 0 Å². The standard InChI is InChI=1S/C24H22F7NO3/c1-12(14-9-15(23(26,27)28)11-16(10-14)24(29,30)31)21(33)32-19-8-7-18(22(34)35-2)20(19)13-3-5-17(25)6-4-13/h3-6,9-12,18-20H,7-8H2,1-2H3,(H,32,33)/t12-,18+,19+,20-/m1/s1. The third kappa shape index (κ3) is 5.94.